The molecule has 0 amide bonds. The Hall–Kier alpha value is -3.38. The molecule has 0 heterocycles. The summed E-state index contributed by atoms with van der Waals surface area (Å²) >= 11 is 0. The maximum atomic E-state index is 4.18. The third kappa shape index (κ3) is 7.56. The second-order valence-electron chi connectivity index (χ2n) is 7.00. The Kier molecular flexibility index (Phi) is 9.89. The minimum absolute atomic E-state index is 0.988. The third-order valence-electron chi connectivity index (χ3n) is 4.70. The summed E-state index contributed by atoms with van der Waals surface area (Å²) in [6, 6.07) is 18.7. The molecule has 0 fully saturated rings. The molecule has 0 aliphatic rings. The van der Waals surface area contributed by atoms with Crippen molar-refractivity contribution in [2.75, 3.05) is 0 Å². The summed E-state index contributed by atoms with van der Waals surface area (Å²) in [6.07, 6.45) is 22.2. The highest BCUT2D eigenvalue weighted by Gasteiger charge is 1.97. The van der Waals surface area contributed by atoms with Gasteiger partial charge in [0.2, 0.25) is 0 Å². The number of benzene rings is 2. The highest BCUT2D eigenvalue weighted by molar-refractivity contribution is 5.67. The zero-order valence-corrected chi connectivity index (χ0v) is 18.4. The van der Waals surface area contributed by atoms with E-state index in [4.69, 9.17) is 0 Å². The molecule has 0 saturated heterocycles. The maximum absolute atomic E-state index is 4.18. The lowest BCUT2D eigenvalue weighted by atomic mass is 10.0. The van der Waals surface area contributed by atoms with Gasteiger partial charge in [-0.2, -0.15) is 0 Å². The number of hydrogen-bond acceptors (Lipinski definition) is 0. The molecule has 2 aromatic carbocycles. The Morgan fingerprint density at radius 2 is 1.60 bits per heavy atom. The lowest BCUT2D eigenvalue weighted by Gasteiger charge is -2.04. The molecule has 2 aromatic rings. The lowest BCUT2D eigenvalue weighted by Crippen LogP contribution is -2.24. The van der Waals surface area contributed by atoms with E-state index in [-0.39, 0.29) is 0 Å². The van der Waals surface area contributed by atoms with E-state index in [1.54, 1.807) is 0 Å². The van der Waals surface area contributed by atoms with Crippen molar-refractivity contribution >= 4 is 18.2 Å². The summed E-state index contributed by atoms with van der Waals surface area (Å²) in [5, 5.41) is 2.25. The van der Waals surface area contributed by atoms with Crippen LogP contribution in [0.5, 0.6) is 0 Å². The molecular weight excluding hydrogens is 360 g/mol. The molecule has 0 spiro atoms. The van der Waals surface area contributed by atoms with Gasteiger partial charge in [-0.1, -0.05) is 129 Å². The molecule has 0 aliphatic carbocycles. The Bertz CT molecular complexity index is 1080. The Morgan fingerprint density at radius 3 is 2.30 bits per heavy atom. The Balaban J connectivity index is 2.36. The van der Waals surface area contributed by atoms with E-state index < -0.39 is 0 Å². The number of allylic oxidation sites excluding steroid dienone is 11. The molecule has 0 bridgehead atoms. The summed E-state index contributed by atoms with van der Waals surface area (Å²) in [4.78, 5) is 0. The first kappa shape index (κ1) is 22.9. The predicted octanol–water partition coefficient (Wildman–Crippen LogP) is 6.93. The van der Waals surface area contributed by atoms with Crippen molar-refractivity contribution in [2.24, 2.45) is 0 Å². The second-order valence-corrected chi connectivity index (χ2v) is 7.00. The van der Waals surface area contributed by atoms with Crippen LogP contribution in [0.25, 0.3) is 18.2 Å². The fourth-order valence-electron chi connectivity index (χ4n) is 3.07. The first-order chi connectivity index (χ1) is 14.7. The van der Waals surface area contributed by atoms with Gasteiger partial charge in [0.1, 0.15) is 0 Å². The first-order valence-corrected chi connectivity index (χ1v) is 10.5. The Labute approximate surface area is 182 Å². The minimum atomic E-state index is 0.988. The van der Waals surface area contributed by atoms with Gasteiger partial charge in [-0.05, 0) is 53.0 Å². The normalized spacial score (nSPS) is 14.5. The van der Waals surface area contributed by atoms with Crippen LogP contribution >= 0.6 is 0 Å². The molecule has 2 rings (SSSR count). The summed E-state index contributed by atoms with van der Waals surface area (Å²) in [7, 11) is 0. The van der Waals surface area contributed by atoms with Gasteiger partial charge in [0.25, 0.3) is 0 Å². The van der Waals surface area contributed by atoms with Crippen molar-refractivity contribution in [3.05, 3.63) is 136 Å². The van der Waals surface area contributed by atoms with Crippen LogP contribution in [0.4, 0.5) is 0 Å². The number of hydrogen-bond donors (Lipinski definition) is 0. The predicted molar refractivity (Wildman–Crippen MR) is 135 cm³/mol. The lowest BCUT2D eigenvalue weighted by molar-refractivity contribution is 1.21. The van der Waals surface area contributed by atoms with Crippen LogP contribution in [-0.4, -0.2) is 0 Å². The average molecular weight is 393 g/mol. The zero-order valence-electron chi connectivity index (χ0n) is 18.4. The first-order valence-electron chi connectivity index (χ1n) is 10.5. The van der Waals surface area contributed by atoms with Gasteiger partial charge < -0.3 is 0 Å². The summed E-state index contributed by atoms with van der Waals surface area (Å²) in [5.41, 5.74) is 4.81. The van der Waals surface area contributed by atoms with Crippen LogP contribution in [0, 0.1) is 0 Å². The van der Waals surface area contributed by atoms with Crippen molar-refractivity contribution in [1.29, 1.82) is 0 Å². The van der Waals surface area contributed by atoms with Crippen LogP contribution in [0.1, 0.15) is 32.8 Å². The van der Waals surface area contributed by atoms with E-state index in [0.29, 0.717) is 0 Å². The number of rotatable bonds is 8. The van der Waals surface area contributed by atoms with E-state index in [2.05, 4.69) is 111 Å². The van der Waals surface area contributed by atoms with Gasteiger partial charge in [-0.25, -0.2) is 0 Å². The molecule has 0 aliphatic heterocycles. The maximum Gasteiger partial charge on any atom is -0.0155 e. The fraction of sp³-hybridized carbons (Fsp3) is 0.133. The Morgan fingerprint density at radius 1 is 0.867 bits per heavy atom. The molecule has 0 saturated carbocycles. The molecule has 0 atom stereocenters. The van der Waals surface area contributed by atoms with E-state index >= 15 is 0 Å². The molecule has 0 nitrogen and oxygen atoms in total. The topological polar surface area (TPSA) is 0 Å². The SMILES string of the molecule is C=c1cccc/c1=C(C)/C(/C=C/C=C(\C=C/C=C/C)/C=C/c1ccccc1)=C/CC. The zero-order chi connectivity index (χ0) is 21.6. The van der Waals surface area contributed by atoms with Crippen molar-refractivity contribution in [3.63, 3.8) is 0 Å². The van der Waals surface area contributed by atoms with Crippen molar-refractivity contribution in [3.8, 4) is 0 Å². The average Bonchev–Trinajstić information content (AvgIpc) is 2.77. The van der Waals surface area contributed by atoms with Gasteiger partial charge in [0.15, 0.2) is 0 Å². The van der Waals surface area contributed by atoms with E-state index in [9.17, 15) is 0 Å². The van der Waals surface area contributed by atoms with Crippen molar-refractivity contribution in [2.45, 2.75) is 27.2 Å². The highest BCUT2D eigenvalue weighted by atomic mass is 14.0. The molecule has 0 aromatic heterocycles. The summed E-state index contributed by atoms with van der Waals surface area (Å²) < 4.78 is 0. The van der Waals surface area contributed by atoms with Gasteiger partial charge in [0.05, 0.1) is 0 Å². The molecular formula is C30H32. The van der Waals surface area contributed by atoms with Gasteiger partial charge in [-0.15, -0.1) is 0 Å². The van der Waals surface area contributed by atoms with Gasteiger partial charge in [0, 0.05) is 0 Å². The standard InChI is InChI=1S/C30H32/c1-5-7-9-17-28(24-23-27-18-10-8-11-19-27)20-14-21-29(15-6-2)26(4)30-22-13-12-16-25(30)3/h5,7-24H,3,6H2,1-2,4H3/b7-5+,17-9-,21-14+,24-23+,28-20+,29-15+,30-26-. The van der Waals surface area contributed by atoms with Crippen LogP contribution in [0.2, 0.25) is 0 Å². The van der Waals surface area contributed by atoms with Crippen LogP contribution in [-0.2, 0) is 0 Å². The quantitative estimate of drug-likeness (QED) is 0.427. The molecule has 0 heteroatoms. The van der Waals surface area contributed by atoms with Crippen LogP contribution in [0.3, 0.4) is 0 Å². The van der Waals surface area contributed by atoms with Gasteiger partial charge >= 0.3 is 0 Å². The van der Waals surface area contributed by atoms with Crippen molar-refractivity contribution in [1.82, 2.24) is 0 Å². The molecule has 152 valence electrons. The van der Waals surface area contributed by atoms with Crippen LogP contribution < -0.4 is 10.4 Å². The highest BCUT2D eigenvalue weighted by Crippen LogP contribution is 2.13. The molecule has 30 heavy (non-hydrogen) atoms. The minimum Gasteiger partial charge on any atom is -0.0911 e. The van der Waals surface area contributed by atoms with E-state index in [1.165, 1.54) is 21.9 Å². The molecule has 0 radical (unpaired) electrons. The largest absolute Gasteiger partial charge is 0.0911 e. The van der Waals surface area contributed by atoms with Gasteiger partial charge in [-0.3, -0.25) is 0 Å². The molecule has 0 unspecified atom stereocenters. The van der Waals surface area contributed by atoms with E-state index in [0.717, 1.165) is 17.2 Å². The van der Waals surface area contributed by atoms with Crippen LogP contribution in [0.15, 0.2) is 120 Å². The monoisotopic (exact) mass is 392 g/mol. The fourth-order valence-corrected chi connectivity index (χ4v) is 3.07. The van der Waals surface area contributed by atoms with Crippen molar-refractivity contribution < 1.29 is 0 Å². The molecule has 0 N–H and O–H groups in total. The smallest absolute Gasteiger partial charge is 0.0155 e. The second kappa shape index (κ2) is 13.0. The van der Waals surface area contributed by atoms with E-state index in [1.807, 2.05) is 31.2 Å². The third-order valence-corrected chi connectivity index (χ3v) is 4.70. The summed E-state index contributed by atoms with van der Waals surface area (Å²) in [5.74, 6) is 0. The summed E-state index contributed by atoms with van der Waals surface area (Å²) in [6.45, 7) is 10.5.